The average molecular weight is 904 g/mol. The molecule has 7 aromatic rings. The summed E-state index contributed by atoms with van der Waals surface area (Å²) in [5.74, 6) is 0.164. The second-order valence-electron chi connectivity index (χ2n) is 14.9. The van der Waals surface area contributed by atoms with E-state index in [1.54, 1.807) is 35.4 Å². The summed E-state index contributed by atoms with van der Waals surface area (Å²) in [6, 6.07) is 13.7. The summed E-state index contributed by atoms with van der Waals surface area (Å²) < 4.78 is 79.1. The number of aryl methyl sites for hydroxylation is 1. The molecule has 9 rings (SSSR count). The molecule has 2 aromatic carbocycles. The molecule has 61 heavy (non-hydrogen) atoms. The van der Waals surface area contributed by atoms with Crippen LogP contribution in [0.1, 0.15) is 59.2 Å². The smallest absolute Gasteiger partial charge is 0.387 e. The number of ether oxygens (including phenoxy) is 4. The van der Waals surface area contributed by atoms with E-state index < -0.39 is 13.2 Å². The number of rotatable bonds is 15. The largest absolute Gasteiger partial charge is 0.496 e. The number of pyridine rings is 2. The second-order valence-corrected chi connectivity index (χ2v) is 15.8. The molecule has 0 spiro atoms. The lowest BCUT2D eigenvalue weighted by molar-refractivity contribution is -0.0509. The molecule has 5 heterocycles. The number of nitrogens with zero attached hydrogens (tertiary/aromatic N) is 6. The Morgan fingerprint density at radius 2 is 1.15 bits per heavy atom. The number of benzene rings is 2. The Bertz CT molecular complexity index is 2760. The summed E-state index contributed by atoms with van der Waals surface area (Å²) in [6.07, 6.45) is 15.1. The molecule has 17 heteroatoms. The quantitative estimate of drug-likeness (QED) is 0.0731. The molecule has 316 valence electrons. The third kappa shape index (κ3) is 9.26. The molecule has 0 bridgehead atoms. The van der Waals surface area contributed by atoms with E-state index >= 15 is 0 Å². The number of methoxy groups -OCH3 is 2. The highest BCUT2D eigenvalue weighted by Crippen LogP contribution is 2.42. The predicted octanol–water partition coefficient (Wildman–Crippen LogP) is 10.4. The Balaban J connectivity index is 0.000000171. The van der Waals surface area contributed by atoms with E-state index in [2.05, 4.69) is 31.0 Å². The van der Waals surface area contributed by atoms with Gasteiger partial charge in [-0.3, -0.25) is 23.1 Å². The third-order valence-corrected chi connectivity index (χ3v) is 11.0. The van der Waals surface area contributed by atoms with E-state index in [0.29, 0.717) is 58.5 Å². The third-order valence-electron chi connectivity index (χ3n) is 10.5. The Hall–Kier alpha value is -6.23. The van der Waals surface area contributed by atoms with Crippen LogP contribution < -0.4 is 18.9 Å². The second kappa shape index (κ2) is 17.4. The molecule has 0 saturated heterocycles. The monoisotopic (exact) mass is 902 g/mol. The molecular formula is C44H39BrF4N6O6. The van der Waals surface area contributed by atoms with Gasteiger partial charge in [0.25, 0.3) is 0 Å². The van der Waals surface area contributed by atoms with Crippen LogP contribution in [0.4, 0.5) is 17.6 Å². The number of Topliss-reactive ketones (excluding diaryl/α,β-unsaturated/α-hetero) is 2. The van der Waals surface area contributed by atoms with Crippen LogP contribution in [0.2, 0.25) is 0 Å². The van der Waals surface area contributed by atoms with Gasteiger partial charge < -0.3 is 18.9 Å². The van der Waals surface area contributed by atoms with Crippen molar-refractivity contribution >= 4 is 38.8 Å². The van der Waals surface area contributed by atoms with Crippen molar-refractivity contribution in [1.29, 1.82) is 0 Å². The lowest BCUT2D eigenvalue weighted by Crippen LogP contribution is -2.11. The maximum atomic E-state index is 13.2. The van der Waals surface area contributed by atoms with Crippen LogP contribution >= 0.6 is 15.9 Å². The van der Waals surface area contributed by atoms with Crippen molar-refractivity contribution in [1.82, 2.24) is 28.5 Å². The van der Waals surface area contributed by atoms with Gasteiger partial charge in [-0.25, -0.2) is 9.97 Å². The standard InChI is InChI=1S/C24H22F2N4O3.C20H17BrF2N2O3/c1-29-13-17(11-28-29)15-5-6-30-18(12-27-22(30)10-15)16-8-20(32-2)23(19(31)7-14-3-4-14)21(9-16)33-24(25)26;1-27-16-7-12(14-10-24-18-9-13(21)4-5-25(14)18)8-17(28-20(22)23)19(16)15(26)6-11-2-3-11/h5-6,8-14,24H,3-4,7H2,1-2H3;4-5,7-11,20H,2-3,6H2,1H3. The van der Waals surface area contributed by atoms with Gasteiger partial charge in [0.05, 0.1) is 44.2 Å². The van der Waals surface area contributed by atoms with E-state index in [9.17, 15) is 27.2 Å². The van der Waals surface area contributed by atoms with E-state index in [4.69, 9.17) is 18.9 Å². The van der Waals surface area contributed by atoms with Gasteiger partial charge in [-0.1, -0.05) is 15.9 Å². The van der Waals surface area contributed by atoms with E-state index in [1.807, 2.05) is 58.7 Å². The number of hydrogen-bond donors (Lipinski definition) is 0. The van der Waals surface area contributed by atoms with Crippen molar-refractivity contribution in [3.05, 3.63) is 101 Å². The minimum atomic E-state index is -3.07. The zero-order chi connectivity index (χ0) is 42.9. The summed E-state index contributed by atoms with van der Waals surface area (Å²) >= 11 is 3.40. The highest BCUT2D eigenvalue weighted by atomic mass is 79.9. The summed E-state index contributed by atoms with van der Waals surface area (Å²) in [5, 5.41) is 4.20. The van der Waals surface area contributed by atoms with Crippen molar-refractivity contribution in [2.75, 3.05) is 14.2 Å². The molecule has 5 aromatic heterocycles. The minimum Gasteiger partial charge on any atom is -0.496 e. The van der Waals surface area contributed by atoms with E-state index in [0.717, 1.165) is 41.3 Å². The fourth-order valence-electron chi connectivity index (χ4n) is 7.21. The summed E-state index contributed by atoms with van der Waals surface area (Å²) in [5.41, 5.74) is 5.82. The molecule has 0 aliphatic heterocycles. The summed E-state index contributed by atoms with van der Waals surface area (Å²) in [7, 11) is 4.67. The molecule has 2 saturated carbocycles. The van der Waals surface area contributed by atoms with Gasteiger partial charge in [-0.2, -0.15) is 22.7 Å². The topological polar surface area (TPSA) is 123 Å². The molecule has 0 N–H and O–H groups in total. The van der Waals surface area contributed by atoms with Crippen molar-refractivity contribution in [3.63, 3.8) is 0 Å². The van der Waals surface area contributed by atoms with Gasteiger partial charge in [0, 0.05) is 59.6 Å². The zero-order valence-electron chi connectivity index (χ0n) is 33.2. The maximum Gasteiger partial charge on any atom is 0.387 e. The molecular weight excluding hydrogens is 864 g/mol. The molecule has 0 atom stereocenters. The van der Waals surface area contributed by atoms with E-state index in [1.165, 1.54) is 26.4 Å². The van der Waals surface area contributed by atoms with Gasteiger partial charge in [0.15, 0.2) is 11.6 Å². The lowest BCUT2D eigenvalue weighted by Gasteiger charge is -2.16. The molecule has 0 unspecified atom stereocenters. The normalized spacial score (nSPS) is 13.7. The molecule has 2 aliphatic carbocycles. The Morgan fingerprint density at radius 3 is 1.59 bits per heavy atom. The summed E-state index contributed by atoms with van der Waals surface area (Å²) in [4.78, 5) is 34.4. The Morgan fingerprint density at radius 1 is 0.672 bits per heavy atom. The van der Waals surface area contributed by atoms with Crippen LogP contribution in [0.3, 0.4) is 0 Å². The highest BCUT2D eigenvalue weighted by molar-refractivity contribution is 9.10. The van der Waals surface area contributed by atoms with Crippen LogP contribution in [-0.2, 0) is 7.05 Å². The average Bonchev–Trinajstić information content (AvgIpc) is 4.09. The van der Waals surface area contributed by atoms with Gasteiger partial charge >= 0.3 is 13.2 Å². The van der Waals surface area contributed by atoms with Crippen molar-refractivity contribution in [2.45, 2.75) is 51.7 Å². The van der Waals surface area contributed by atoms with Crippen molar-refractivity contribution in [2.24, 2.45) is 18.9 Å². The van der Waals surface area contributed by atoms with Crippen LogP contribution in [0.15, 0.2) is 90.2 Å². The number of halogens is 5. The minimum absolute atomic E-state index is 0.0566. The van der Waals surface area contributed by atoms with Crippen LogP contribution in [-0.4, -0.2) is 67.6 Å². The first-order valence-corrected chi connectivity index (χ1v) is 20.2. The number of hydrogen-bond acceptors (Lipinski definition) is 9. The first-order chi connectivity index (χ1) is 29.4. The van der Waals surface area contributed by atoms with Gasteiger partial charge in [0.2, 0.25) is 0 Å². The molecule has 2 fully saturated rings. The van der Waals surface area contributed by atoms with Crippen LogP contribution in [0, 0.1) is 11.8 Å². The van der Waals surface area contributed by atoms with Gasteiger partial charge in [0.1, 0.15) is 45.4 Å². The molecule has 2 aliphatic rings. The maximum absolute atomic E-state index is 13.2. The SMILES string of the molecule is COc1cc(-c2cnc3cc(-c4cnn(C)c4)ccn23)cc(OC(F)F)c1C(=O)CC1CC1.COc1cc(-c2cnc3cc(Br)ccn23)cc(OC(F)F)c1C(=O)CC1CC1. The molecule has 12 nitrogen and oxygen atoms in total. The number of aromatic nitrogens is 6. The molecule has 0 radical (unpaired) electrons. The molecule has 0 amide bonds. The number of ketones is 2. The predicted molar refractivity (Wildman–Crippen MR) is 221 cm³/mol. The van der Waals surface area contributed by atoms with E-state index in [-0.39, 0.29) is 45.7 Å². The number of fused-ring (bicyclic) bond motifs is 2. The summed E-state index contributed by atoms with van der Waals surface area (Å²) in [6.45, 7) is -6.12. The van der Waals surface area contributed by atoms with Crippen LogP contribution in [0.25, 0.3) is 44.9 Å². The Labute approximate surface area is 355 Å². The number of alkyl halides is 4. The fourth-order valence-corrected chi connectivity index (χ4v) is 7.53. The fraction of sp³-hybridized carbons (Fsp3) is 0.295. The lowest BCUT2D eigenvalue weighted by atomic mass is 10.00. The first-order valence-electron chi connectivity index (χ1n) is 19.4. The number of carbonyl (C=O) groups excluding carboxylic acids is 2. The zero-order valence-corrected chi connectivity index (χ0v) is 34.7. The number of imidazole rings is 2. The van der Waals surface area contributed by atoms with Gasteiger partial charge in [-0.05, 0) is 91.6 Å². The Kier molecular flexibility index (Phi) is 11.8. The van der Waals surface area contributed by atoms with Crippen LogP contribution in [0.5, 0.6) is 23.0 Å². The van der Waals surface area contributed by atoms with Gasteiger partial charge in [-0.15, -0.1) is 0 Å². The number of carbonyl (C=O) groups is 2. The van der Waals surface area contributed by atoms with Crippen molar-refractivity contribution < 1.29 is 46.1 Å². The highest BCUT2D eigenvalue weighted by Gasteiger charge is 2.31. The van der Waals surface area contributed by atoms with Crippen molar-refractivity contribution in [3.8, 4) is 56.6 Å². The first kappa shape index (κ1) is 41.5.